The maximum Gasteiger partial charge on any atom is 0.339 e. The Morgan fingerprint density at radius 1 is 1.12 bits per heavy atom. The topological polar surface area (TPSA) is 71.8 Å². The third-order valence-electron chi connectivity index (χ3n) is 6.18. The highest BCUT2D eigenvalue weighted by Gasteiger charge is 2.23. The Balaban J connectivity index is 1.81. The first-order chi connectivity index (χ1) is 15.4. The van der Waals surface area contributed by atoms with E-state index in [1.165, 1.54) is 13.5 Å². The second-order valence-corrected chi connectivity index (χ2v) is 8.54. The SMILES string of the molecule is COC(=O)c1ccccc1NC(C)c1cc(C)cc2c(=O)c(C)c(N3CCCCC3)oc12. The molecule has 1 fully saturated rings. The number of hydrogen-bond donors (Lipinski definition) is 1. The van der Waals surface area contributed by atoms with Crippen molar-refractivity contribution in [1.82, 2.24) is 0 Å². The number of piperidine rings is 1. The van der Waals surface area contributed by atoms with Crippen LogP contribution < -0.4 is 15.6 Å². The molecule has 0 radical (unpaired) electrons. The number of esters is 1. The molecule has 0 aliphatic carbocycles. The minimum absolute atomic E-state index is 0.0129. The van der Waals surface area contributed by atoms with Gasteiger partial charge in [-0.25, -0.2) is 4.79 Å². The van der Waals surface area contributed by atoms with Crippen molar-refractivity contribution in [2.45, 2.75) is 46.1 Å². The molecule has 1 saturated heterocycles. The van der Waals surface area contributed by atoms with E-state index in [9.17, 15) is 9.59 Å². The van der Waals surface area contributed by atoms with Gasteiger partial charge >= 0.3 is 5.97 Å². The van der Waals surface area contributed by atoms with Crippen LogP contribution in [0.2, 0.25) is 0 Å². The molecule has 6 heteroatoms. The number of aryl methyl sites for hydroxylation is 1. The van der Waals surface area contributed by atoms with Gasteiger partial charge in [0.05, 0.1) is 29.7 Å². The molecule has 1 aliphatic rings. The van der Waals surface area contributed by atoms with Gasteiger partial charge in [-0.1, -0.05) is 18.2 Å². The van der Waals surface area contributed by atoms with Crippen molar-refractivity contribution in [1.29, 1.82) is 0 Å². The first-order valence-corrected chi connectivity index (χ1v) is 11.2. The normalized spacial score (nSPS) is 14.9. The summed E-state index contributed by atoms with van der Waals surface area (Å²) >= 11 is 0. The molecule has 1 aromatic heterocycles. The lowest BCUT2D eigenvalue weighted by Crippen LogP contribution is -2.31. The van der Waals surface area contributed by atoms with E-state index in [1.54, 1.807) is 12.1 Å². The largest absolute Gasteiger partial charge is 0.465 e. The maximum atomic E-state index is 13.3. The van der Waals surface area contributed by atoms with Gasteiger partial charge < -0.3 is 19.4 Å². The highest BCUT2D eigenvalue weighted by molar-refractivity contribution is 5.95. The Labute approximate surface area is 188 Å². The van der Waals surface area contributed by atoms with Gasteiger partial charge in [-0.3, -0.25) is 4.79 Å². The predicted octanol–water partition coefficient (Wildman–Crippen LogP) is 5.36. The second kappa shape index (κ2) is 9.07. The van der Waals surface area contributed by atoms with E-state index < -0.39 is 5.97 Å². The quantitative estimate of drug-likeness (QED) is 0.545. The van der Waals surface area contributed by atoms with Crippen molar-refractivity contribution in [2.75, 3.05) is 30.4 Å². The molecule has 32 heavy (non-hydrogen) atoms. The Kier molecular flexibility index (Phi) is 6.21. The molecule has 3 aromatic rings. The summed E-state index contributed by atoms with van der Waals surface area (Å²) in [6.45, 7) is 7.63. The Bertz CT molecular complexity index is 1210. The second-order valence-electron chi connectivity index (χ2n) is 8.54. The monoisotopic (exact) mass is 434 g/mol. The number of benzene rings is 2. The minimum Gasteiger partial charge on any atom is -0.465 e. The molecule has 4 rings (SSSR count). The van der Waals surface area contributed by atoms with E-state index in [2.05, 4.69) is 10.2 Å². The number of fused-ring (bicyclic) bond motifs is 1. The number of ether oxygens (including phenoxy) is 1. The molecule has 1 N–H and O–H groups in total. The van der Waals surface area contributed by atoms with Crippen LogP contribution in [0.5, 0.6) is 0 Å². The van der Waals surface area contributed by atoms with Crippen LogP contribution in [0.1, 0.15) is 59.3 Å². The van der Waals surface area contributed by atoms with Gasteiger partial charge in [-0.15, -0.1) is 0 Å². The number of carbonyl (C=O) groups excluding carboxylic acids is 1. The van der Waals surface area contributed by atoms with E-state index in [0.29, 0.717) is 33.7 Å². The number of para-hydroxylation sites is 1. The summed E-state index contributed by atoms with van der Waals surface area (Å²) in [6, 6.07) is 11.0. The van der Waals surface area contributed by atoms with Crippen molar-refractivity contribution < 1.29 is 13.9 Å². The van der Waals surface area contributed by atoms with E-state index in [0.717, 1.165) is 37.1 Å². The minimum atomic E-state index is -0.399. The summed E-state index contributed by atoms with van der Waals surface area (Å²) in [6.07, 6.45) is 3.41. The summed E-state index contributed by atoms with van der Waals surface area (Å²) in [5.74, 6) is 0.276. The van der Waals surface area contributed by atoms with E-state index in [1.807, 2.05) is 45.0 Å². The zero-order valence-corrected chi connectivity index (χ0v) is 19.2. The van der Waals surface area contributed by atoms with Gasteiger partial charge in [0.2, 0.25) is 5.88 Å². The van der Waals surface area contributed by atoms with E-state index >= 15 is 0 Å². The van der Waals surface area contributed by atoms with E-state index in [-0.39, 0.29) is 11.5 Å². The smallest absolute Gasteiger partial charge is 0.339 e. The molecule has 168 valence electrons. The Morgan fingerprint density at radius 3 is 2.56 bits per heavy atom. The molecule has 2 heterocycles. The number of anilines is 2. The predicted molar refractivity (Wildman–Crippen MR) is 128 cm³/mol. The van der Waals surface area contributed by atoms with Crippen LogP contribution in [0.25, 0.3) is 11.0 Å². The zero-order valence-electron chi connectivity index (χ0n) is 19.2. The molecular weight excluding hydrogens is 404 g/mol. The molecule has 2 aromatic carbocycles. The number of nitrogens with zero attached hydrogens (tertiary/aromatic N) is 1. The third kappa shape index (κ3) is 4.09. The van der Waals surface area contributed by atoms with Crippen molar-refractivity contribution >= 4 is 28.5 Å². The fourth-order valence-electron chi connectivity index (χ4n) is 4.48. The fraction of sp³-hybridized carbons (Fsp3) is 0.385. The summed E-state index contributed by atoms with van der Waals surface area (Å²) in [7, 11) is 1.37. The van der Waals surface area contributed by atoms with E-state index in [4.69, 9.17) is 9.15 Å². The lowest BCUT2D eigenvalue weighted by Gasteiger charge is -2.29. The maximum absolute atomic E-state index is 13.3. The van der Waals surface area contributed by atoms with Crippen LogP contribution >= 0.6 is 0 Å². The van der Waals surface area contributed by atoms with Gasteiger partial charge in [0.25, 0.3) is 0 Å². The summed E-state index contributed by atoms with van der Waals surface area (Å²) < 4.78 is 11.4. The van der Waals surface area contributed by atoms with Crippen LogP contribution in [-0.2, 0) is 4.74 Å². The fourth-order valence-corrected chi connectivity index (χ4v) is 4.48. The molecule has 1 unspecified atom stereocenters. The van der Waals surface area contributed by atoms with Crippen LogP contribution in [0.15, 0.2) is 45.6 Å². The third-order valence-corrected chi connectivity index (χ3v) is 6.18. The highest BCUT2D eigenvalue weighted by Crippen LogP contribution is 2.33. The molecule has 0 spiro atoms. The van der Waals surface area contributed by atoms with Crippen molar-refractivity contribution in [2.24, 2.45) is 0 Å². The molecule has 0 bridgehead atoms. The van der Waals surface area contributed by atoms with Gasteiger partial charge in [-0.05, 0) is 63.8 Å². The van der Waals surface area contributed by atoms with Gasteiger partial charge in [0, 0.05) is 24.3 Å². The summed E-state index contributed by atoms with van der Waals surface area (Å²) in [5.41, 5.74) is 4.28. The molecule has 0 amide bonds. The standard InChI is InChI=1S/C26H30N2O4/c1-16-14-20(18(3)27-22-11-7-6-10-19(22)26(30)31-4)24-21(15-16)23(29)17(2)25(32-24)28-12-8-5-9-13-28/h6-7,10-11,14-15,18,27H,5,8-9,12-13H2,1-4H3. The summed E-state index contributed by atoms with van der Waals surface area (Å²) in [5, 5.41) is 4.01. The number of rotatable bonds is 5. The average molecular weight is 435 g/mol. The number of methoxy groups -OCH3 is 1. The zero-order chi connectivity index (χ0) is 22.8. The first kappa shape index (κ1) is 21.9. The van der Waals surface area contributed by atoms with Gasteiger partial charge in [-0.2, -0.15) is 0 Å². The Morgan fingerprint density at radius 2 is 1.84 bits per heavy atom. The van der Waals surface area contributed by atoms with Crippen LogP contribution in [0, 0.1) is 13.8 Å². The molecule has 6 nitrogen and oxygen atoms in total. The molecular formula is C26H30N2O4. The van der Waals surface area contributed by atoms with Crippen LogP contribution in [0.4, 0.5) is 11.6 Å². The number of carbonyl (C=O) groups is 1. The molecule has 1 aliphatic heterocycles. The highest BCUT2D eigenvalue weighted by atomic mass is 16.5. The molecule has 1 atom stereocenters. The number of hydrogen-bond acceptors (Lipinski definition) is 6. The Hall–Kier alpha value is -3.28. The lowest BCUT2D eigenvalue weighted by atomic mass is 9.99. The molecule has 0 saturated carbocycles. The van der Waals surface area contributed by atoms with Crippen molar-refractivity contribution in [3.63, 3.8) is 0 Å². The average Bonchev–Trinajstić information content (AvgIpc) is 2.81. The number of nitrogens with one attached hydrogen (secondary N) is 1. The van der Waals surface area contributed by atoms with Crippen LogP contribution in [-0.4, -0.2) is 26.2 Å². The first-order valence-electron chi connectivity index (χ1n) is 11.2. The van der Waals surface area contributed by atoms with Crippen molar-refractivity contribution in [3.8, 4) is 0 Å². The summed E-state index contributed by atoms with van der Waals surface area (Å²) in [4.78, 5) is 27.7. The lowest BCUT2D eigenvalue weighted by molar-refractivity contribution is 0.0602. The van der Waals surface area contributed by atoms with Gasteiger partial charge in [0.1, 0.15) is 5.58 Å². The van der Waals surface area contributed by atoms with Gasteiger partial charge in [0.15, 0.2) is 5.43 Å². The van der Waals surface area contributed by atoms with Crippen molar-refractivity contribution in [3.05, 3.63) is 68.9 Å². The van der Waals surface area contributed by atoms with Crippen LogP contribution in [0.3, 0.4) is 0 Å².